The molecule has 0 aliphatic carbocycles. The number of nitrogens with one attached hydrogen (secondary N) is 1. The van der Waals surface area contributed by atoms with Crippen LogP contribution in [0.2, 0.25) is 0 Å². The molecule has 1 aromatic heterocycles. The van der Waals surface area contributed by atoms with E-state index >= 15 is 0 Å². The molecular formula is C10H13IN2O. The monoisotopic (exact) mass is 304 g/mol. The number of rotatable bonds is 2. The van der Waals surface area contributed by atoms with Crippen molar-refractivity contribution in [2.24, 2.45) is 0 Å². The standard InChI is InChI=1S/C10H13IN2O/c1-7(14)13-10(2,3)8-4-5-9(11)12-6-8/h4-6H,1-3H3,(H,13,14). The van der Waals surface area contributed by atoms with Gasteiger partial charge in [-0.1, -0.05) is 6.07 Å². The van der Waals surface area contributed by atoms with Gasteiger partial charge in [-0.15, -0.1) is 0 Å². The maximum absolute atomic E-state index is 11.0. The molecule has 4 heteroatoms. The summed E-state index contributed by atoms with van der Waals surface area (Å²) in [5, 5.41) is 2.87. The fourth-order valence-electron chi connectivity index (χ4n) is 1.26. The SMILES string of the molecule is CC(=O)NC(C)(C)c1ccc(I)nc1. The summed E-state index contributed by atoms with van der Waals surface area (Å²) < 4.78 is 0.949. The van der Waals surface area contributed by atoms with Gasteiger partial charge in [0.05, 0.1) is 5.54 Å². The van der Waals surface area contributed by atoms with Crippen molar-refractivity contribution < 1.29 is 4.79 Å². The first kappa shape index (κ1) is 11.4. The highest BCUT2D eigenvalue weighted by molar-refractivity contribution is 14.1. The number of hydrogen-bond acceptors (Lipinski definition) is 2. The molecule has 1 aromatic rings. The van der Waals surface area contributed by atoms with Crippen LogP contribution in [0.1, 0.15) is 26.3 Å². The van der Waals surface area contributed by atoms with Gasteiger partial charge < -0.3 is 5.32 Å². The summed E-state index contributed by atoms with van der Waals surface area (Å²) in [6.45, 7) is 5.43. The molecule has 0 aliphatic heterocycles. The van der Waals surface area contributed by atoms with Crippen LogP contribution in [-0.2, 0) is 10.3 Å². The lowest BCUT2D eigenvalue weighted by Gasteiger charge is -2.25. The van der Waals surface area contributed by atoms with Crippen LogP contribution >= 0.6 is 22.6 Å². The lowest BCUT2D eigenvalue weighted by Crippen LogP contribution is -2.39. The maximum Gasteiger partial charge on any atom is 0.217 e. The molecule has 1 amide bonds. The Morgan fingerprint density at radius 2 is 2.14 bits per heavy atom. The lowest BCUT2D eigenvalue weighted by atomic mass is 9.96. The summed E-state index contributed by atoms with van der Waals surface area (Å²) >= 11 is 2.15. The second kappa shape index (κ2) is 4.25. The molecule has 14 heavy (non-hydrogen) atoms. The van der Waals surface area contributed by atoms with Crippen molar-refractivity contribution in [2.45, 2.75) is 26.3 Å². The first-order valence-corrected chi connectivity index (χ1v) is 5.40. The van der Waals surface area contributed by atoms with E-state index in [4.69, 9.17) is 0 Å². The molecule has 76 valence electrons. The quantitative estimate of drug-likeness (QED) is 0.671. The highest BCUT2D eigenvalue weighted by Crippen LogP contribution is 2.19. The first-order valence-electron chi connectivity index (χ1n) is 4.32. The van der Waals surface area contributed by atoms with Crippen LogP contribution < -0.4 is 5.32 Å². The van der Waals surface area contributed by atoms with Crippen molar-refractivity contribution in [3.63, 3.8) is 0 Å². The Kier molecular flexibility index (Phi) is 3.47. The van der Waals surface area contributed by atoms with Gasteiger partial charge >= 0.3 is 0 Å². The molecule has 1 rings (SSSR count). The third-order valence-electron chi connectivity index (χ3n) is 1.94. The van der Waals surface area contributed by atoms with Gasteiger partial charge in [-0.25, -0.2) is 4.98 Å². The van der Waals surface area contributed by atoms with E-state index in [1.54, 1.807) is 6.20 Å². The third kappa shape index (κ3) is 2.94. The minimum absolute atomic E-state index is 0.0337. The van der Waals surface area contributed by atoms with Crippen molar-refractivity contribution in [3.8, 4) is 0 Å². The van der Waals surface area contributed by atoms with Crippen LogP contribution in [0.3, 0.4) is 0 Å². The zero-order valence-electron chi connectivity index (χ0n) is 8.47. The number of hydrogen-bond donors (Lipinski definition) is 1. The molecule has 0 radical (unpaired) electrons. The molecule has 0 aliphatic rings. The Labute approximate surface area is 97.4 Å². The normalized spacial score (nSPS) is 11.1. The van der Waals surface area contributed by atoms with Crippen molar-refractivity contribution >= 4 is 28.5 Å². The zero-order valence-corrected chi connectivity index (χ0v) is 10.6. The summed E-state index contributed by atoms with van der Waals surface area (Å²) in [6.07, 6.45) is 1.79. The van der Waals surface area contributed by atoms with E-state index in [2.05, 4.69) is 32.9 Å². The molecule has 3 nitrogen and oxygen atoms in total. The predicted octanol–water partition coefficient (Wildman–Crippen LogP) is 2.06. The molecule has 0 bridgehead atoms. The molecule has 0 atom stereocenters. The molecular weight excluding hydrogens is 291 g/mol. The number of carbonyl (C=O) groups is 1. The van der Waals surface area contributed by atoms with Gasteiger partial charge in [-0.3, -0.25) is 4.79 Å². The molecule has 0 saturated heterocycles. The van der Waals surface area contributed by atoms with E-state index in [-0.39, 0.29) is 11.4 Å². The topological polar surface area (TPSA) is 42.0 Å². The van der Waals surface area contributed by atoms with Crippen molar-refractivity contribution in [2.75, 3.05) is 0 Å². The van der Waals surface area contributed by atoms with Gasteiger partial charge in [0.15, 0.2) is 0 Å². The van der Waals surface area contributed by atoms with E-state index in [9.17, 15) is 4.79 Å². The number of nitrogens with zero attached hydrogens (tertiary/aromatic N) is 1. The van der Waals surface area contributed by atoms with Gasteiger partial charge in [0.25, 0.3) is 0 Å². The smallest absolute Gasteiger partial charge is 0.217 e. The van der Waals surface area contributed by atoms with Crippen LogP contribution in [0.4, 0.5) is 0 Å². The van der Waals surface area contributed by atoms with Crippen LogP contribution in [0.15, 0.2) is 18.3 Å². The Morgan fingerprint density at radius 1 is 1.50 bits per heavy atom. The Morgan fingerprint density at radius 3 is 2.57 bits per heavy atom. The average Bonchev–Trinajstić information content (AvgIpc) is 2.02. The maximum atomic E-state index is 11.0. The van der Waals surface area contributed by atoms with Gasteiger partial charge in [-0.2, -0.15) is 0 Å². The fourth-order valence-corrected chi connectivity index (χ4v) is 1.58. The molecule has 0 aromatic carbocycles. The Hall–Kier alpha value is -0.650. The number of amides is 1. The van der Waals surface area contributed by atoms with Crippen molar-refractivity contribution in [3.05, 3.63) is 27.6 Å². The predicted molar refractivity (Wildman–Crippen MR) is 63.8 cm³/mol. The van der Waals surface area contributed by atoms with Gasteiger partial charge in [0.2, 0.25) is 5.91 Å². The number of aromatic nitrogens is 1. The highest BCUT2D eigenvalue weighted by Gasteiger charge is 2.21. The summed E-state index contributed by atoms with van der Waals surface area (Å²) in [4.78, 5) is 15.2. The van der Waals surface area contributed by atoms with E-state index < -0.39 is 0 Å². The lowest BCUT2D eigenvalue weighted by molar-refractivity contribution is -0.120. The minimum atomic E-state index is -0.358. The molecule has 1 N–H and O–H groups in total. The minimum Gasteiger partial charge on any atom is -0.347 e. The van der Waals surface area contributed by atoms with Crippen LogP contribution in [0, 0.1) is 3.70 Å². The number of halogens is 1. The molecule has 0 spiro atoms. The van der Waals surface area contributed by atoms with Gasteiger partial charge in [-0.05, 0) is 48.1 Å². The third-order valence-corrected chi connectivity index (χ3v) is 2.58. The number of carbonyl (C=O) groups excluding carboxylic acids is 1. The average molecular weight is 304 g/mol. The van der Waals surface area contributed by atoms with Crippen molar-refractivity contribution in [1.82, 2.24) is 10.3 Å². The summed E-state index contributed by atoms with van der Waals surface area (Å²) in [7, 11) is 0. The van der Waals surface area contributed by atoms with Gasteiger partial charge in [0, 0.05) is 13.1 Å². The second-order valence-corrected chi connectivity index (χ2v) is 4.78. The largest absolute Gasteiger partial charge is 0.347 e. The summed E-state index contributed by atoms with van der Waals surface area (Å²) in [5.41, 5.74) is 0.650. The Balaban J connectivity index is 2.91. The molecule has 1 heterocycles. The summed E-state index contributed by atoms with van der Waals surface area (Å²) in [5.74, 6) is -0.0337. The van der Waals surface area contributed by atoms with Gasteiger partial charge in [0.1, 0.15) is 3.70 Å². The van der Waals surface area contributed by atoms with E-state index in [0.717, 1.165) is 9.26 Å². The van der Waals surface area contributed by atoms with Crippen molar-refractivity contribution in [1.29, 1.82) is 0 Å². The fraction of sp³-hybridized carbons (Fsp3) is 0.400. The summed E-state index contributed by atoms with van der Waals surface area (Å²) in [6, 6.07) is 3.91. The first-order chi connectivity index (χ1) is 6.42. The highest BCUT2D eigenvalue weighted by atomic mass is 127. The second-order valence-electron chi connectivity index (χ2n) is 3.68. The molecule has 0 saturated carbocycles. The van der Waals surface area contributed by atoms with E-state index in [1.807, 2.05) is 26.0 Å². The van der Waals surface area contributed by atoms with Crippen LogP contribution in [-0.4, -0.2) is 10.9 Å². The number of pyridine rings is 1. The molecule has 0 unspecified atom stereocenters. The van der Waals surface area contributed by atoms with E-state index in [0.29, 0.717) is 0 Å². The van der Waals surface area contributed by atoms with Crippen LogP contribution in [0.5, 0.6) is 0 Å². The Bertz CT molecular complexity index is 332. The van der Waals surface area contributed by atoms with E-state index in [1.165, 1.54) is 6.92 Å². The van der Waals surface area contributed by atoms with Crippen LogP contribution in [0.25, 0.3) is 0 Å². The molecule has 0 fully saturated rings. The zero-order chi connectivity index (χ0) is 10.8.